The highest BCUT2D eigenvalue weighted by Crippen LogP contribution is 2.35. The second-order valence-electron chi connectivity index (χ2n) is 9.63. The molecule has 29 heavy (non-hydrogen) atoms. The number of nitrogens with zero attached hydrogens (tertiary/aromatic N) is 1. The fraction of sp³-hybridized carbons (Fsp3) is 0.667. The molecule has 2 aliphatic heterocycles. The fourth-order valence-corrected chi connectivity index (χ4v) is 5.11. The highest BCUT2D eigenvalue weighted by molar-refractivity contribution is 5.84. The summed E-state index contributed by atoms with van der Waals surface area (Å²) in [5.41, 5.74) is 2.16. The molecule has 0 bridgehead atoms. The lowest BCUT2D eigenvalue weighted by atomic mass is 9.93. The molecular formula is C24H34N2O3. The van der Waals surface area contributed by atoms with E-state index in [2.05, 4.69) is 25.2 Å². The Balaban J connectivity index is 1.33. The van der Waals surface area contributed by atoms with E-state index in [1.807, 2.05) is 17.0 Å². The van der Waals surface area contributed by atoms with Crippen molar-refractivity contribution in [2.45, 2.75) is 89.8 Å². The Morgan fingerprint density at radius 2 is 1.93 bits per heavy atom. The van der Waals surface area contributed by atoms with Gasteiger partial charge in [0.1, 0.15) is 11.4 Å². The monoisotopic (exact) mass is 398 g/mol. The molecule has 3 aliphatic rings. The van der Waals surface area contributed by atoms with E-state index in [1.54, 1.807) is 0 Å². The normalized spacial score (nSPS) is 24.6. The maximum atomic E-state index is 12.8. The van der Waals surface area contributed by atoms with Crippen LogP contribution < -0.4 is 10.1 Å². The lowest BCUT2D eigenvalue weighted by Crippen LogP contribution is -2.49. The molecule has 1 aromatic rings. The van der Waals surface area contributed by atoms with Crippen molar-refractivity contribution in [3.8, 4) is 5.75 Å². The standard InChI is InChI=1S/C24H34N2O3/c1-24(2)14-19-13-17(9-11-21(19)29-24)15-25-23(28)18-10-12-22(27)26(16-18)20-7-5-3-4-6-8-20/h9,11,13,18,20H,3-8,10,12,14-16H2,1-2H3,(H,25,28). The lowest BCUT2D eigenvalue weighted by molar-refractivity contribution is -0.141. The molecule has 0 aromatic heterocycles. The molecule has 1 N–H and O–H groups in total. The van der Waals surface area contributed by atoms with Crippen LogP contribution in [0.4, 0.5) is 0 Å². The minimum Gasteiger partial charge on any atom is -0.487 e. The maximum absolute atomic E-state index is 12.8. The minimum absolute atomic E-state index is 0.0770. The number of rotatable bonds is 4. The van der Waals surface area contributed by atoms with Crippen molar-refractivity contribution in [3.63, 3.8) is 0 Å². The molecule has 2 heterocycles. The molecule has 1 atom stereocenters. The van der Waals surface area contributed by atoms with Crippen molar-refractivity contribution in [1.29, 1.82) is 0 Å². The number of carbonyl (C=O) groups is 2. The molecular weight excluding hydrogens is 364 g/mol. The van der Waals surface area contributed by atoms with Crippen LogP contribution in [0, 0.1) is 5.92 Å². The Hall–Kier alpha value is -2.04. The number of amides is 2. The molecule has 5 heteroatoms. The Bertz CT molecular complexity index is 765. The predicted molar refractivity (Wildman–Crippen MR) is 113 cm³/mol. The lowest BCUT2D eigenvalue weighted by Gasteiger charge is -2.37. The van der Waals surface area contributed by atoms with Gasteiger partial charge in [-0.15, -0.1) is 0 Å². The third-order valence-electron chi connectivity index (χ3n) is 6.67. The molecule has 1 unspecified atom stereocenters. The van der Waals surface area contributed by atoms with Crippen molar-refractivity contribution < 1.29 is 14.3 Å². The minimum atomic E-state index is -0.152. The molecule has 1 aliphatic carbocycles. The summed E-state index contributed by atoms with van der Waals surface area (Å²) >= 11 is 0. The molecule has 2 amide bonds. The van der Waals surface area contributed by atoms with Crippen LogP contribution >= 0.6 is 0 Å². The van der Waals surface area contributed by atoms with E-state index in [0.29, 0.717) is 32.0 Å². The highest BCUT2D eigenvalue weighted by Gasteiger charge is 2.34. The summed E-state index contributed by atoms with van der Waals surface area (Å²) in [4.78, 5) is 27.4. The number of nitrogens with one attached hydrogen (secondary N) is 1. The molecule has 158 valence electrons. The van der Waals surface area contributed by atoms with Gasteiger partial charge >= 0.3 is 0 Å². The Morgan fingerprint density at radius 3 is 2.69 bits per heavy atom. The molecule has 4 rings (SSSR count). The van der Waals surface area contributed by atoms with Crippen LogP contribution in [0.25, 0.3) is 0 Å². The van der Waals surface area contributed by atoms with E-state index >= 15 is 0 Å². The number of carbonyl (C=O) groups excluding carboxylic acids is 2. The number of fused-ring (bicyclic) bond motifs is 1. The third kappa shape index (κ3) is 4.76. The van der Waals surface area contributed by atoms with E-state index in [0.717, 1.165) is 30.6 Å². The van der Waals surface area contributed by atoms with Gasteiger partial charge in [0.15, 0.2) is 0 Å². The maximum Gasteiger partial charge on any atom is 0.225 e. The fourth-order valence-electron chi connectivity index (χ4n) is 5.11. The number of hydrogen-bond acceptors (Lipinski definition) is 3. The molecule has 2 fully saturated rings. The van der Waals surface area contributed by atoms with Gasteiger partial charge in [-0.1, -0.05) is 37.8 Å². The predicted octanol–water partition coefficient (Wildman–Crippen LogP) is 3.98. The summed E-state index contributed by atoms with van der Waals surface area (Å²) in [5, 5.41) is 3.11. The van der Waals surface area contributed by atoms with Crippen LogP contribution in [0.3, 0.4) is 0 Å². The first-order valence-corrected chi connectivity index (χ1v) is 11.3. The van der Waals surface area contributed by atoms with Gasteiger partial charge in [-0.3, -0.25) is 9.59 Å². The van der Waals surface area contributed by atoms with Crippen molar-refractivity contribution in [3.05, 3.63) is 29.3 Å². The van der Waals surface area contributed by atoms with Crippen LogP contribution in [-0.2, 0) is 22.6 Å². The van der Waals surface area contributed by atoms with Gasteiger partial charge in [-0.2, -0.15) is 0 Å². The molecule has 1 aromatic carbocycles. The first-order chi connectivity index (χ1) is 13.9. The van der Waals surface area contributed by atoms with Gasteiger partial charge in [-0.25, -0.2) is 0 Å². The zero-order valence-electron chi connectivity index (χ0n) is 17.8. The van der Waals surface area contributed by atoms with Gasteiger partial charge in [0.2, 0.25) is 11.8 Å². The Labute approximate surface area is 174 Å². The second kappa shape index (κ2) is 8.37. The average molecular weight is 399 g/mol. The second-order valence-corrected chi connectivity index (χ2v) is 9.63. The first kappa shape index (κ1) is 20.2. The smallest absolute Gasteiger partial charge is 0.225 e. The topological polar surface area (TPSA) is 58.6 Å². The van der Waals surface area contributed by atoms with Gasteiger partial charge in [0.25, 0.3) is 0 Å². The van der Waals surface area contributed by atoms with Crippen LogP contribution in [0.2, 0.25) is 0 Å². The number of likely N-dealkylation sites (tertiary alicyclic amines) is 1. The average Bonchev–Trinajstić information content (AvgIpc) is 2.85. The van der Waals surface area contributed by atoms with E-state index in [9.17, 15) is 9.59 Å². The Morgan fingerprint density at radius 1 is 1.17 bits per heavy atom. The first-order valence-electron chi connectivity index (χ1n) is 11.3. The summed E-state index contributed by atoms with van der Waals surface area (Å²) in [6.45, 7) is 5.31. The molecule has 0 spiro atoms. The molecule has 5 nitrogen and oxygen atoms in total. The highest BCUT2D eigenvalue weighted by atomic mass is 16.5. The summed E-state index contributed by atoms with van der Waals surface area (Å²) in [6, 6.07) is 6.52. The molecule has 0 radical (unpaired) electrons. The third-order valence-corrected chi connectivity index (χ3v) is 6.67. The van der Waals surface area contributed by atoms with Crippen molar-refractivity contribution >= 4 is 11.8 Å². The van der Waals surface area contributed by atoms with E-state index in [4.69, 9.17) is 4.74 Å². The van der Waals surface area contributed by atoms with Crippen molar-refractivity contribution in [1.82, 2.24) is 10.2 Å². The summed E-state index contributed by atoms with van der Waals surface area (Å²) in [5.74, 6) is 1.18. The van der Waals surface area contributed by atoms with Crippen LogP contribution in [0.1, 0.15) is 76.3 Å². The van der Waals surface area contributed by atoms with Crippen LogP contribution in [0.5, 0.6) is 5.75 Å². The van der Waals surface area contributed by atoms with Crippen LogP contribution in [-0.4, -0.2) is 34.9 Å². The quantitative estimate of drug-likeness (QED) is 0.781. The SMILES string of the molecule is CC1(C)Cc2cc(CNC(=O)C3CCC(=O)N(C4CCCCCC4)C3)ccc2O1. The number of benzene rings is 1. The molecule has 1 saturated carbocycles. The molecule has 1 saturated heterocycles. The van der Waals surface area contributed by atoms with Gasteiger partial charge in [0, 0.05) is 32.0 Å². The summed E-state index contributed by atoms with van der Waals surface area (Å²) in [6.07, 6.45) is 9.18. The zero-order valence-corrected chi connectivity index (χ0v) is 17.8. The van der Waals surface area contributed by atoms with Crippen LogP contribution in [0.15, 0.2) is 18.2 Å². The summed E-state index contributed by atoms with van der Waals surface area (Å²) < 4.78 is 5.93. The van der Waals surface area contributed by atoms with Gasteiger partial charge in [0.05, 0.1) is 5.92 Å². The zero-order chi connectivity index (χ0) is 20.4. The number of hydrogen-bond donors (Lipinski definition) is 1. The Kier molecular flexibility index (Phi) is 5.84. The van der Waals surface area contributed by atoms with Crippen molar-refractivity contribution in [2.24, 2.45) is 5.92 Å². The summed E-state index contributed by atoms with van der Waals surface area (Å²) in [7, 11) is 0. The van der Waals surface area contributed by atoms with E-state index < -0.39 is 0 Å². The number of piperidine rings is 1. The van der Waals surface area contributed by atoms with Gasteiger partial charge in [-0.05, 0) is 50.3 Å². The number of ether oxygens (including phenoxy) is 1. The van der Waals surface area contributed by atoms with Crippen molar-refractivity contribution in [2.75, 3.05) is 6.54 Å². The largest absolute Gasteiger partial charge is 0.487 e. The van der Waals surface area contributed by atoms with E-state index in [1.165, 1.54) is 31.2 Å². The van der Waals surface area contributed by atoms with E-state index in [-0.39, 0.29) is 23.3 Å². The van der Waals surface area contributed by atoms with Gasteiger partial charge < -0.3 is 15.0 Å².